The summed E-state index contributed by atoms with van der Waals surface area (Å²) in [6, 6.07) is 7.53. The highest BCUT2D eigenvalue weighted by molar-refractivity contribution is 6.33. The molecule has 8 heteroatoms. The lowest BCUT2D eigenvalue weighted by molar-refractivity contribution is -0.120. The fourth-order valence-electron chi connectivity index (χ4n) is 2.56. The molecule has 1 aliphatic heterocycles. The summed E-state index contributed by atoms with van der Waals surface area (Å²) >= 11 is 6.24. The minimum Gasteiger partial charge on any atom is -0.359 e. The van der Waals surface area contributed by atoms with Crippen molar-refractivity contribution in [2.75, 3.05) is 29.9 Å². The second-order valence-corrected chi connectivity index (χ2v) is 5.92. The van der Waals surface area contributed by atoms with Gasteiger partial charge < -0.3 is 15.5 Å². The Labute approximate surface area is 147 Å². The van der Waals surface area contributed by atoms with E-state index in [1.165, 1.54) is 6.07 Å². The van der Waals surface area contributed by atoms with Crippen LogP contribution in [0.1, 0.15) is 10.4 Å². The number of hydrogen-bond donors (Lipinski definition) is 2. The number of piperazine rings is 1. The van der Waals surface area contributed by atoms with E-state index in [1.54, 1.807) is 12.1 Å². The van der Waals surface area contributed by atoms with Crippen LogP contribution in [0, 0.1) is 11.6 Å². The van der Waals surface area contributed by atoms with Crippen LogP contribution >= 0.6 is 11.6 Å². The van der Waals surface area contributed by atoms with E-state index >= 15 is 0 Å². The molecular formula is C17H14ClF2N3O2. The molecule has 0 atom stereocenters. The van der Waals surface area contributed by atoms with Crippen molar-refractivity contribution in [1.82, 2.24) is 5.32 Å². The van der Waals surface area contributed by atoms with E-state index in [0.29, 0.717) is 35.6 Å². The lowest BCUT2D eigenvalue weighted by atomic mass is 10.2. The van der Waals surface area contributed by atoms with Crippen LogP contribution < -0.4 is 15.5 Å². The first-order valence-corrected chi connectivity index (χ1v) is 7.89. The topological polar surface area (TPSA) is 61.4 Å². The predicted octanol–water partition coefficient (Wildman–Crippen LogP) is 2.81. The molecular weight excluding hydrogens is 352 g/mol. The first-order valence-electron chi connectivity index (χ1n) is 7.51. The van der Waals surface area contributed by atoms with Gasteiger partial charge in [0.05, 0.1) is 22.8 Å². The average Bonchev–Trinajstić information content (AvgIpc) is 2.54. The van der Waals surface area contributed by atoms with Crippen molar-refractivity contribution in [3.05, 3.63) is 58.6 Å². The molecule has 1 aliphatic rings. The van der Waals surface area contributed by atoms with E-state index in [4.69, 9.17) is 11.6 Å². The van der Waals surface area contributed by atoms with Gasteiger partial charge in [0.2, 0.25) is 5.91 Å². The molecule has 0 saturated carbocycles. The van der Waals surface area contributed by atoms with Gasteiger partial charge in [0, 0.05) is 24.8 Å². The first kappa shape index (κ1) is 17.2. The number of amides is 2. The normalized spacial score (nSPS) is 14.2. The second-order valence-electron chi connectivity index (χ2n) is 5.52. The summed E-state index contributed by atoms with van der Waals surface area (Å²) in [5.74, 6) is -2.50. The van der Waals surface area contributed by atoms with Gasteiger partial charge in [-0.3, -0.25) is 9.59 Å². The Hall–Kier alpha value is -2.67. The summed E-state index contributed by atoms with van der Waals surface area (Å²) in [6.07, 6.45) is 0. The van der Waals surface area contributed by atoms with Crippen molar-refractivity contribution in [3.63, 3.8) is 0 Å². The fraction of sp³-hybridized carbons (Fsp3) is 0.176. The van der Waals surface area contributed by atoms with Crippen LogP contribution in [0.4, 0.5) is 20.2 Å². The van der Waals surface area contributed by atoms with Gasteiger partial charge in [0.1, 0.15) is 11.6 Å². The molecule has 2 aromatic carbocycles. The van der Waals surface area contributed by atoms with Gasteiger partial charge in [-0.05, 0) is 30.3 Å². The SMILES string of the molecule is O=C1CN(c2ccc(NC(=O)c3ccc(F)cc3F)cc2Cl)CCN1. The highest BCUT2D eigenvalue weighted by atomic mass is 35.5. The zero-order valence-electron chi connectivity index (χ0n) is 13.0. The highest BCUT2D eigenvalue weighted by Crippen LogP contribution is 2.29. The number of anilines is 2. The van der Waals surface area contributed by atoms with Crippen molar-refractivity contribution in [1.29, 1.82) is 0 Å². The quantitative estimate of drug-likeness (QED) is 0.879. The number of hydrogen-bond acceptors (Lipinski definition) is 3. The van der Waals surface area contributed by atoms with Crippen LogP contribution in [0.2, 0.25) is 5.02 Å². The Morgan fingerprint density at radius 3 is 2.68 bits per heavy atom. The molecule has 0 aromatic heterocycles. The number of benzene rings is 2. The number of rotatable bonds is 3. The molecule has 2 amide bonds. The summed E-state index contributed by atoms with van der Waals surface area (Å²) in [5.41, 5.74) is 0.765. The second kappa shape index (κ2) is 7.06. The van der Waals surface area contributed by atoms with Crippen LogP contribution in [0.3, 0.4) is 0 Å². The molecule has 1 fully saturated rings. The highest BCUT2D eigenvalue weighted by Gasteiger charge is 2.19. The third kappa shape index (κ3) is 3.88. The summed E-state index contributed by atoms with van der Waals surface area (Å²) in [7, 11) is 0. The molecule has 2 N–H and O–H groups in total. The summed E-state index contributed by atoms with van der Waals surface area (Å²) in [6.45, 7) is 1.35. The standard InChI is InChI=1S/C17H14ClF2N3O2/c18-13-8-11(2-4-15(13)23-6-5-21-16(24)9-23)22-17(25)12-3-1-10(19)7-14(12)20/h1-4,7-8H,5-6,9H2,(H,21,24)(H,22,25). The van der Waals surface area contributed by atoms with Gasteiger partial charge in [-0.2, -0.15) is 0 Å². The molecule has 0 radical (unpaired) electrons. The van der Waals surface area contributed by atoms with Crippen LogP contribution in [0.25, 0.3) is 0 Å². The number of nitrogens with zero attached hydrogens (tertiary/aromatic N) is 1. The molecule has 5 nitrogen and oxygen atoms in total. The molecule has 0 aliphatic carbocycles. The van der Waals surface area contributed by atoms with E-state index in [9.17, 15) is 18.4 Å². The van der Waals surface area contributed by atoms with Crippen LogP contribution in [-0.2, 0) is 4.79 Å². The monoisotopic (exact) mass is 365 g/mol. The zero-order chi connectivity index (χ0) is 18.0. The Bertz CT molecular complexity index is 845. The largest absolute Gasteiger partial charge is 0.359 e. The van der Waals surface area contributed by atoms with Crippen LogP contribution in [0.5, 0.6) is 0 Å². The number of nitrogens with one attached hydrogen (secondary N) is 2. The maximum atomic E-state index is 13.7. The lowest BCUT2D eigenvalue weighted by Gasteiger charge is -2.29. The molecule has 1 heterocycles. The molecule has 1 saturated heterocycles. The van der Waals surface area contributed by atoms with Gasteiger partial charge in [-0.15, -0.1) is 0 Å². The summed E-state index contributed by atoms with van der Waals surface area (Å²) < 4.78 is 26.6. The molecule has 25 heavy (non-hydrogen) atoms. The number of halogens is 3. The third-order valence-corrected chi connectivity index (χ3v) is 4.06. The van der Waals surface area contributed by atoms with E-state index in [-0.39, 0.29) is 18.0 Å². The van der Waals surface area contributed by atoms with E-state index in [0.717, 1.165) is 12.1 Å². The van der Waals surface area contributed by atoms with Crippen molar-refractivity contribution in [2.24, 2.45) is 0 Å². The van der Waals surface area contributed by atoms with Gasteiger partial charge >= 0.3 is 0 Å². The minimum atomic E-state index is -0.945. The zero-order valence-corrected chi connectivity index (χ0v) is 13.7. The predicted molar refractivity (Wildman–Crippen MR) is 91.0 cm³/mol. The van der Waals surface area contributed by atoms with Gasteiger partial charge in [-0.1, -0.05) is 11.6 Å². The van der Waals surface area contributed by atoms with E-state index in [1.807, 2.05) is 4.90 Å². The summed E-state index contributed by atoms with van der Waals surface area (Å²) in [5, 5.41) is 5.59. The van der Waals surface area contributed by atoms with Gasteiger partial charge in [0.25, 0.3) is 5.91 Å². The van der Waals surface area contributed by atoms with E-state index < -0.39 is 17.5 Å². The smallest absolute Gasteiger partial charge is 0.258 e. The van der Waals surface area contributed by atoms with Gasteiger partial charge in [-0.25, -0.2) is 8.78 Å². The lowest BCUT2D eigenvalue weighted by Crippen LogP contribution is -2.47. The van der Waals surface area contributed by atoms with Crippen molar-refractivity contribution >= 4 is 34.8 Å². The maximum absolute atomic E-state index is 13.7. The Kier molecular flexibility index (Phi) is 4.85. The maximum Gasteiger partial charge on any atom is 0.258 e. The summed E-state index contributed by atoms with van der Waals surface area (Å²) in [4.78, 5) is 25.4. The van der Waals surface area contributed by atoms with Gasteiger partial charge in [0.15, 0.2) is 0 Å². The Morgan fingerprint density at radius 2 is 2.00 bits per heavy atom. The molecule has 2 aromatic rings. The molecule has 0 unspecified atom stereocenters. The minimum absolute atomic E-state index is 0.0912. The van der Waals surface area contributed by atoms with Crippen LogP contribution in [0.15, 0.2) is 36.4 Å². The Morgan fingerprint density at radius 1 is 1.20 bits per heavy atom. The van der Waals surface area contributed by atoms with E-state index in [2.05, 4.69) is 10.6 Å². The van der Waals surface area contributed by atoms with Crippen LogP contribution in [-0.4, -0.2) is 31.4 Å². The number of carbonyl (C=O) groups excluding carboxylic acids is 2. The molecule has 130 valence electrons. The number of carbonyl (C=O) groups is 2. The molecule has 3 rings (SSSR count). The average molecular weight is 366 g/mol. The van der Waals surface area contributed by atoms with Crippen molar-refractivity contribution in [2.45, 2.75) is 0 Å². The molecule has 0 spiro atoms. The third-order valence-electron chi connectivity index (χ3n) is 3.76. The molecule has 0 bridgehead atoms. The first-order chi connectivity index (χ1) is 11.9. The Balaban J connectivity index is 1.76. The van der Waals surface area contributed by atoms with Crippen molar-refractivity contribution in [3.8, 4) is 0 Å². The van der Waals surface area contributed by atoms with Crippen molar-refractivity contribution < 1.29 is 18.4 Å². The fourth-order valence-corrected chi connectivity index (χ4v) is 2.86.